The zero-order valence-electron chi connectivity index (χ0n) is 12.3. The molecule has 0 saturated carbocycles. The molecule has 5 heteroatoms. The standard InChI is InChI=1S/C15H22FN3O/c1-4-15(2,3)14(20)18-11-7-9-19(10-11)13-12(16)6-5-8-17-13/h5-6,8,11H,4,7,9-10H2,1-3H3,(H,18,20). The van der Waals surface area contributed by atoms with E-state index in [1.165, 1.54) is 6.07 Å². The van der Waals surface area contributed by atoms with Gasteiger partial charge in [0.15, 0.2) is 11.6 Å². The zero-order valence-corrected chi connectivity index (χ0v) is 12.3. The molecule has 110 valence electrons. The summed E-state index contributed by atoms with van der Waals surface area (Å²) in [5, 5.41) is 3.06. The molecule has 0 aromatic carbocycles. The van der Waals surface area contributed by atoms with Crippen LogP contribution in [0.1, 0.15) is 33.6 Å². The van der Waals surface area contributed by atoms with Crippen LogP contribution in [0.2, 0.25) is 0 Å². The first-order valence-corrected chi connectivity index (χ1v) is 7.10. The van der Waals surface area contributed by atoms with Gasteiger partial charge in [0.05, 0.1) is 0 Å². The molecule has 1 atom stereocenters. The van der Waals surface area contributed by atoms with Crippen molar-refractivity contribution in [2.45, 2.75) is 39.7 Å². The van der Waals surface area contributed by atoms with Gasteiger partial charge in [-0.05, 0) is 25.0 Å². The summed E-state index contributed by atoms with van der Waals surface area (Å²) in [5.41, 5.74) is -0.357. The molecule has 1 aromatic rings. The monoisotopic (exact) mass is 279 g/mol. The third-order valence-electron chi connectivity index (χ3n) is 4.06. The Balaban J connectivity index is 1.97. The Morgan fingerprint density at radius 1 is 1.60 bits per heavy atom. The van der Waals surface area contributed by atoms with E-state index in [0.29, 0.717) is 18.9 Å². The fraction of sp³-hybridized carbons (Fsp3) is 0.600. The van der Waals surface area contributed by atoms with E-state index in [2.05, 4.69) is 10.3 Å². The summed E-state index contributed by atoms with van der Waals surface area (Å²) in [5.74, 6) is 0.126. The van der Waals surface area contributed by atoms with Crippen LogP contribution in [0.5, 0.6) is 0 Å². The van der Waals surface area contributed by atoms with E-state index in [-0.39, 0.29) is 23.2 Å². The first kappa shape index (κ1) is 14.8. The minimum absolute atomic E-state index is 0.0633. The predicted molar refractivity (Wildman–Crippen MR) is 77.0 cm³/mol. The van der Waals surface area contributed by atoms with Gasteiger partial charge < -0.3 is 10.2 Å². The van der Waals surface area contributed by atoms with Gasteiger partial charge in [0, 0.05) is 30.7 Å². The molecule has 2 rings (SSSR count). The summed E-state index contributed by atoms with van der Waals surface area (Å²) in [7, 11) is 0. The van der Waals surface area contributed by atoms with Crippen molar-refractivity contribution in [2.75, 3.05) is 18.0 Å². The van der Waals surface area contributed by atoms with Crippen LogP contribution in [0.15, 0.2) is 18.3 Å². The number of halogens is 1. The largest absolute Gasteiger partial charge is 0.352 e. The minimum atomic E-state index is -0.357. The average molecular weight is 279 g/mol. The number of nitrogens with one attached hydrogen (secondary N) is 1. The molecule has 4 nitrogen and oxygen atoms in total. The van der Waals surface area contributed by atoms with Crippen molar-refractivity contribution >= 4 is 11.7 Å². The van der Waals surface area contributed by atoms with Gasteiger partial charge in [-0.2, -0.15) is 0 Å². The van der Waals surface area contributed by atoms with E-state index in [1.54, 1.807) is 12.3 Å². The molecule has 1 saturated heterocycles. The number of aromatic nitrogens is 1. The Morgan fingerprint density at radius 2 is 2.35 bits per heavy atom. The molecule has 1 amide bonds. The molecule has 0 radical (unpaired) electrons. The second-order valence-electron chi connectivity index (χ2n) is 5.95. The van der Waals surface area contributed by atoms with Crippen LogP contribution in [-0.4, -0.2) is 30.0 Å². The van der Waals surface area contributed by atoms with E-state index >= 15 is 0 Å². The van der Waals surface area contributed by atoms with Gasteiger partial charge in [0.25, 0.3) is 0 Å². The summed E-state index contributed by atoms with van der Waals surface area (Å²) >= 11 is 0. The Hall–Kier alpha value is -1.65. The lowest BCUT2D eigenvalue weighted by atomic mass is 9.89. The van der Waals surface area contributed by atoms with Crippen molar-refractivity contribution in [2.24, 2.45) is 5.41 Å². The van der Waals surface area contributed by atoms with Gasteiger partial charge in [-0.25, -0.2) is 9.37 Å². The number of pyridine rings is 1. The Bertz CT molecular complexity index is 490. The van der Waals surface area contributed by atoms with E-state index < -0.39 is 0 Å². The quantitative estimate of drug-likeness (QED) is 0.920. The van der Waals surface area contributed by atoms with Gasteiger partial charge >= 0.3 is 0 Å². The SMILES string of the molecule is CCC(C)(C)C(=O)NC1CCN(c2ncccc2F)C1. The van der Waals surface area contributed by atoms with E-state index in [0.717, 1.165) is 12.8 Å². The summed E-state index contributed by atoms with van der Waals surface area (Å²) in [6.07, 6.45) is 3.20. The lowest BCUT2D eigenvalue weighted by Crippen LogP contribution is -2.44. The summed E-state index contributed by atoms with van der Waals surface area (Å²) in [6.45, 7) is 7.20. The Morgan fingerprint density at radius 3 is 3.00 bits per heavy atom. The fourth-order valence-corrected chi connectivity index (χ4v) is 2.22. The van der Waals surface area contributed by atoms with Gasteiger partial charge in [-0.1, -0.05) is 20.8 Å². The molecule has 0 spiro atoms. The summed E-state index contributed by atoms with van der Waals surface area (Å²) < 4.78 is 13.7. The highest BCUT2D eigenvalue weighted by Gasteiger charge is 2.31. The van der Waals surface area contributed by atoms with Gasteiger partial charge in [0.2, 0.25) is 5.91 Å². The first-order chi connectivity index (χ1) is 9.44. The predicted octanol–water partition coefficient (Wildman–Crippen LogP) is 2.35. The highest BCUT2D eigenvalue weighted by atomic mass is 19.1. The number of rotatable bonds is 4. The van der Waals surface area contributed by atoms with Gasteiger partial charge in [-0.15, -0.1) is 0 Å². The van der Waals surface area contributed by atoms with Gasteiger partial charge in [-0.3, -0.25) is 4.79 Å². The number of hydrogen-bond acceptors (Lipinski definition) is 3. The minimum Gasteiger partial charge on any atom is -0.352 e. The van der Waals surface area contributed by atoms with E-state index in [4.69, 9.17) is 0 Å². The normalized spacial score (nSPS) is 19.2. The van der Waals surface area contributed by atoms with Crippen LogP contribution in [0.25, 0.3) is 0 Å². The maximum absolute atomic E-state index is 13.7. The number of nitrogens with zero attached hydrogens (tertiary/aromatic N) is 2. The lowest BCUT2D eigenvalue weighted by molar-refractivity contribution is -0.130. The van der Waals surface area contributed by atoms with Crippen molar-refractivity contribution in [1.29, 1.82) is 0 Å². The molecular formula is C15H22FN3O. The van der Waals surface area contributed by atoms with Crippen LogP contribution in [0.3, 0.4) is 0 Å². The number of carbonyl (C=O) groups excluding carboxylic acids is 1. The zero-order chi connectivity index (χ0) is 14.8. The fourth-order valence-electron chi connectivity index (χ4n) is 2.22. The van der Waals surface area contributed by atoms with Crippen molar-refractivity contribution in [3.8, 4) is 0 Å². The molecule has 1 aromatic heterocycles. The van der Waals surface area contributed by atoms with E-state index in [9.17, 15) is 9.18 Å². The van der Waals surface area contributed by atoms with Crippen LogP contribution < -0.4 is 10.2 Å². The molecule has 0 aliphatic carbocycles. The lowest BCUT2D eigenvalue weighted by Gasteiger charge is -2.24. The molecule has 1 unspecified atom stereocenters. The highest BCUT2D eigenvalue weighted by Crippen LogP contribution is 2.23. The molecule has 1 aliphatic rings. The second-order valence-corrected chi connectivity index (χ2v) is 5.95. The molecule has 1 aliphatic heterocycles. The highest BCUT2D eigenvalue weighted by molar-refractivity contribution is 5.82. The summed E-state index contributed by atoms with van der Waals surface area (Å²) in [6, 6.07) is 3.06. The molecule has 1 N–H and O–H groups in total. The molecule has 2 heterocycles. The third-order valence-corrected chi connectivity index (χ3v) is 4.06. The van der Waals surface area contributed by atoms with Crippen LogP contribution in [0.4, 0.5) is 10.2 Å². The summed E-state index contributed by atoms with van der Waals surface area (Å²) in [4.78, 5) is 18.1. The third kappa shape index (κ3) is 3.08. The topological polar surface area (TPSA) is 45.2 Å². The smallest absolute Gasteiger partial charge is 0.225 e. The van der Waals surface area contributed by atoms with Gasteiger partial charge in [0.1, 0.15) is 0 Å². The molecule has 1 fully saturated rings. The van der Waals surface area contributed by atoms with Crippen LogP contribution in [-0.2, 0) is 4.79 Å². The van der Waals surface area contributed by atoms with Crippen molar-refractivity contribution in [3.63, 3.8) is 0 Å². The van der Waals surface area contributed by atoms with Crippen LogP contribution in [0, 0.1) is 11.2 Å². The average Bonchev–Trinajstić information content (AvgIpc) is 2.87. The number of anilines is 1. The maximum atomic E-state index is 13.7. The van der Waals surface area contributed by atoms with E-state index in [1.807, 2.05) is 25.7 Å². The Kier molecular flexibility index (Phi) is 4.26. The molecular weight excluding hydrogens is 257 g/mol. The van der Waals surface area contributed by atoms with Crippen molar-refractivity contribution in [3.05, 3.63) is 24.1 Å². The first-order valence-electron chi connectivity index (χ1n) is 7.10. The number of carbonyl (C=O) groups is 1. The van der Waals surface area contributed by atoms with Crippen molar-refractivity contribution in [1.82, 2.24) is 10.3 Å². The molecule has 20 heavy (non-hydrogen) atoms. The van der Waals surface area contributed by atoms with Crippen molar-refractivity contribution < 1.29 is 9.18 Å². The number of hydrogen-bond donors (Lipinski definition) is 1. The Labute approximate surface area is 119 Å². The molecule has 0 bridgehead atoms. The maximum Gasteiger partial charge on any atom is 0.225 e. The number of amides is 1. The van der Waals surface area contributed by atoms with Crippen LogP contribution >= 0.6 is 0 Å². The second kappa shape index (κ2) is 5.77.